The highest BCUT2D eigenvalue weighted by Gasteiger charge is 2.25. The lowest BCUT2D eigenvalue weighted by Gasteiger charge is -2.02. The molecule has 2 rings (SSSR count). The van der Waals surface area contributed by atoms with Crippen molar-refractivity contribution in [3.63, 3.8) is 0 Å². The van der Waals surface area contributed by atoms with Crippen molar-refractivity contribution < 1.29 is 4.79 Å². The van der Waals surface area contributed by atoms with E-state index in [2.05, 4.69) is 19.9 Å². The van der Waals surface area contributed by atoms with Crippen molar-refractivity contribution in [2.24, 2.45) is 0 Å². The summed E-state index contributed by atoms with van der Waals surface area (Å²) in [4.78, 5) is 12.2. The van der Waals surface area contributed by atoms with E-state index in [1.165, 1.54) is 36.8 Å². The number of carbonyl (C=O) groups is 1. The normalized spacial score (nSPS) is 17.3. The number of hydrogen-bond acceptors (Lipinski definition) is 1. The predicted molar refractivity (Wildman–Crippen MR) is 85.5 cm³/mol. The van der Waals surface area contributed by atoms with Crippen LogP contribution in [0.2, 0.25) is 0 Å². The van der Waals surface area contributed by atoms with Crippen LogP contribution >= 0.6 is 0 Å². The maximum absolute atomic E-state index is 12.2. The van der Waals surface area contributed by atoms with Crippen LogP contribution in [0, 0.1) is 0 Å². The zero-order valence-corrected chi connectivity index (χ0v) is 12.6. The zero-order chi connectivity index (χ0) is 14.4. The van der Waals surface area contributed by atoms with Gasteiger partial charge >= 0.3 is 0 Å². The summed E-state index contributed by atoms with van der Waals surface area (Å²) < 4.78 is 0. The highest BCUT2D eigenvalue weighted by molar-refractivity contribution is 6.26. The highest BCUT2D eigenvalue weighted by atomic mass is 16.1. The maximum Gasteiger partial charge on any atom is 0.168 e. The number of Topliss-reactive ketones (excluding diaryl/α,β-unsaturated/α-hetero) is 1. The Hall–Kier alpha value is -1.63. The molecular formula is C19H24O. The van der Waals surface area contributed by atoms with Gasteiger partial charge in [-0.3, -0.25) is 4.79 Å². The molecule has 0 spiro atoms. The van der Waals surface area contributed by atoms with Gasteiger partial charge in [0.2, 0.25) is 0 Å². The van der Waals surface area contributed by atoms with Crippen LogP contribution in [-0.4, -0.2) is 5.78 Å². The van der Waals surface area contributed by atoms with Crippen molar-refractivity contribution in [1.82, 2.24) is 0 Å². The first-order valence-corrected chi connectivity index (χ1v) is 7.73. The van der Waals surface area contributed by atoms with Gasteiger partial charge in [0.1, 0.15) is 0 Å². The number of rotatable bonds is 6. The van der Waals surface area contributed by atoms with Crippen LogP contribution in [0.4, 0.5) is 0 Å². The molecule has 1 aliphatic rings. The van der Waals surface area contributed by atoms with Crippen LogP contribution in [0.5, 0.6) is 0 Å². The van der Waals surface area contributed by atoms with Gasteiger partial charge in [0.05, 0.1) is 0 Å². The lowest BCUT2D eigenvalue weighted by molar-refractivity contribution is -0.112. The summed E-state index contributed by atoms with van der Waals surface area (Å²) in [6, 6.07) is 10.0. The number of carbonyl (C=O) groups excluding carboxylic acids is 1. The van der Waals surface area contributed by atoms with Gasteiger partial charge in [-0.2, -0.15) is 0 Å². The average molecular weight is 268 g/mol. The second-order valence-corrected chi connectivity index (χ2v) is 5.54. The van der Waals surface area contributed by atoms with E-state index in [9.17, 15) is 4.79 Å². The minimum absolute atomic E-state index is 0.272. The minimum Gasteiger partial charge on any atom is -0.294 e. The molecule has 0 unspecified atom stereocenters. The Morgan fingerprint density at radius 3 is 2.55 bits per heavy atom. The number of hydrogen-bond donors (Lipinski definition) is 0. The molecule has 0 aromatic heterocycles. The molecule has 0 amide bonds. The van der Waals surface area contributed by atoms with Crippen LogP contribution in [-0.2, 0) is 4.79 Å². The Morgan fingerprint density at radius 2 is 1.85 bits per heavy atom. The molecule has 0 saturated heterocycles. The third-order valence-corrected chi connectivity index (χ3v) is 4.00. The number of ketones is 1. The number of benzene rings is 1. The quantitative estimate of drug-likeness (QED) is 0.637. The van der Waals surface area contributed by atoms with Crippen LogP contribution in [0.25, 0.3) is 5.57 Å². The van der Waals surface area contributed by atoms with Gasteiger partial charge in [-0.1, -0.05) is 62.6 Å². The summed E-state index contributed by atoms with van der Waals surface area (Å²) in [5, 5.41) is 0. The Kier molecular flexibility index (Phi) is 5.34. The predicted octanol–water partition coefficient (Wildman–Crippen LogP) is 5.33. The molecule has 0 radical (unpaired) electrons. The fourth-order valence-electron chi connectivity index (χ4n) is 2.82. The van der Waals surface area contributed by atoms with Crippen molar-refractivity contribution >= 4 is 11.4 Å². The molecule has 0 bridgehead atoms. The molecule has 0 heterocycles. The molecule has 20 heavy (non-hydrogen) atoms. The smallest absolute Gasteiger partial charge is 0.168 e. The van der Waals surface area contributed by atoms with Crippen LogP contribution in [0.1, 0.15) is 57.9 Å². The maximum atomic E-state index is 12.2. The van der Waals surface area contributed by atoms with E-state index in [-0.39, 0.29) is 5.78 Å². The Morgan fingerprint density at radius 1 is 1.10 bits per heavy atom. The van der Waals surface area contributed by atoms with Crippen molar-refractivity contribution in [3.05, 3.63) is 53.1 Å². The summed E-state index contributed by atoms with van der Waals surface area (Å²) in [5.41, 5.74) is 4.40. The lowest BCUT2D eigenvalue weighted by atomic mass is 10.0. The van der Waals surface area contributed by atoms with Gasteiger partial charge in [-0.25, -0.2) is 0 Å². The molecule has 0 atom stereocenters. The van der Waals surface area contributed by atoms with Crippen molar-refractivity contribution in [1.29, 1.82) is 0 Å². The van der Waals surface area contributed by atoms with Crippen LogP contribution in [0.3, 0.4) is 0 Å². The van der Waals surface area contributed by atoms with Crippen LogP contribution < -0.4 is 0 Å². The molecule has 106 valence electrons. The van der Waals surface area contributed by atoms with Gasteiger partial charge in [0.25, 0.3) is 0 Å². The summed E-state index contributed by atoms with van der Waals surface area (Å²) >= 11 is 0. The largest absolute Gasteiger partial charge is 0.294 e. The standard InChI is InChI=1S/C19H24O/c1-3-4-5-6-8-13-17-14-18(20)19(15(17)2)16-11-9-7-10-12-16/h7,9-13H,3-6,8,14H2,1-2H3/b17-13-. The number of allylic oxidation sites excluding steroid dienone is 4. The fraction of sp³-hybridized carbons (Fsp3) is 0.421. The molecule has 1 heteroatoms. The lowest BCUT2D eigenvalue weighted by Crippen LogP contribution is -1.95. The first-order valence-electron chi connectivity index (χ1n) is 7.73. The van der Waals surface area contributed by atoms with E-state index >= 15 is 0 Å². The molecule has 1 aliphatic carbocycles. The third-order valence-electron chi connectivity index (χ3n) is 4.00. The number of unbranched alkanes of at least 4 members (excludes halogenated alkanes) is 4. The highest BCUT2D eigenvalue weighted by Crippen LogP contribution is 2.35. The molecule has 1 nitrogen and oxygen atoms in total. The summed E-state index contributed by atoms with van der Waals surface area (Å²) in [6.07, 6.45) is 9.07. The third kappa shape index (κ3) is 3.47. The van der Waals surface area contributed by atoms with E-state index in [4.69, 9.17) is 0 Å². The van der Waals surface area contributed by atoms with E-state index < -0.39 is 0 Å². The van der Waals surface area contributed by atoms with Crippen molar-refractivity contribution in [2.45, 2.75) is 52.4 Å². The second kappa shape index (κ2) is 7.23. The molecule has 0 saturated carbocycles. The van der Waals surface area contributed by atoms with E-state index in [1.807, 2.05) is 30.3 Å². The van der Waals surface area contributed by atoms with Crippen LogP contribution in [0.15, 0.2) is 47.6 Å². The molecule has 0 N–H and O–H groups in total. The molecule has 0 fully saturated rings. The minimum atomic E-state index is 0.272. The average Bonchev–Trinajstić information content (AvgIpc) is 2.74. The van der Waals surface area contributed by atoms with Gasteiger partial charge in [-0.15, -0.1) is 0 Å². The van der Waals surface area contributed by atoms with E-state index in [0.717, 1.165) is 17.6 Å². The Bertz CT molecular complexity index is 520. The SMILES string of the molecule is CCCCCC/C=C1/CC(=O)C(c2ccccc2)=C1C. The van der Waals surface area contributed by atoms with E-state index in [0.29, 0.717) is 6.42 Å². The van der Waals surface area contributed by atoms with Gasteiger partial charge in [0, 0.05) is 12.0 Å². The summed E-state index contributed by atoms with van der Waals surface area (Å²) in [5.74, 6) is 0.272. The van der Waals surface area contributed by atoms with Crippen molar-refractivity contribution in [2.75, 3.05) is 0 Å². The second-order valence-electron chi connectivity index (χ2n) is 5.54. The molecule has 1 aromatic rings. The zero-order valence-electron chi connectivity index (χ0n) is 12.6. The Balaban J connectivity index is 2.09. The summed E-state index contributed by atoms with van der Waals surface area (Å²) in [6.45, 7) is 4.32. The molecule has 0 aliphatic heterocycles. The van der Waals surface area contributed by atoms with Gasteiger partial charge < -0.3 is 0 Å². The van der Waals surface area contributed by atoms with E-state index in [1.54, 1.807) is 0 Å². The molecule has 1 aromatic carbocycles. The fourth-order valence-corrected chi connectivity index (χ4v) is 2.82. The van der Waals surface area contributed by atoms with Crippen molar-refractivity contribution in [3.8, 4) is 0 Å². The first-order chi connectivity index (χ1) is 9.74. The van der Waals surface area contributed by atoms with Gasteiger partial charge in [-0.05, 0) is 36.5 Å². The Labute approximate surface area is 122 Å². The molecular weight excluding hydrogens is 244 g/mol. The van der Waals surface area contributed by atoms with Gasteiger partial charge in [0.15, 0.2) is 5.78 Å². The summed E-state index contributed by atoms with van der Waals surface area (Å²) in [7, 11) is 0. The first kappa shape index (κ1) is 14.8. The topological polar surface area (TPSA) is 17.1 Å². The monoisotopic (exact) mass is 268 g/mol.